The number of nitrogens with zero attached hydrogens (tertiary/aromatic N) is 1. The number of benzene rings is 2. The van der Waals surface area contributed by atoms with Gasteiger partial charge in [0.2, 0.25) is 0 Å². The van der Waals surface area contributed by atoms with Gasteiger partial charge in [0.05, 0.1) is 11.6 Å². The molecule has 0 radical (unpaired) electrons. The molecule has 0 amide bonds. The molecule has 4 nitrogen and oxygen atoms in total. The van der Waals surface area contributed by atoms with Gasteiger partial charge in [-0.2, -0.15) is 5.26 Å². The summed E-state index contributed by atoms with van der Waals surface area (Å²) in [5.41, 5.74) is 1.20. The first kappa shape index (κ1) is 15.4. The third-order valence-corrected chi connectivity index (χ3v) is 3.58. The van der Waals surface area contributed by atoms with Crippen molar-refractivity contribution >= 4 is 33.5 Å². The van der Waals surface area contributed by atoms with Gasteiger partial charge in [0.15, 0.2) is 0 Å². The molecule has 2 aromatic rings. The Balaban J connectivity index is 2.22. The lowest BCUT2D eigenvalue weighted by molar-refractivity contribution is 0.0691. The fourth-order valence-electron chi connectivity index (χ4n) is 1.68. The van der Waals surface area contributed by atoms with Crippen LogP contribution in [0, 0.1) is 11.3 Å². The summed E-state index contributed by atoms with van der Waals surface area (Å²) in [5.74, 6) is -0.819. The van der Waals surface area contributed by atoms with E-state index in [4.69, 9.17) is 26.7 Å². The summed E-state index contributed by atoms with van der Waals surface area (Å²) in [4.78, 5) is 11.1. The maximum absolute atomic E-state index is 11.1. The van der Waals surface area contributed by atoms with E-state index in [2.05, 4.69) is 15.9 Å². The van der Waals surface area contributed by atoms with Gasteiger partial charge < -0.3 is 9.84 Å². The third kappa shape index (κ3) is 3.75. The van der Waals surface area contributed by atoms with Crippen molar-refractivity contribution in [3.63, 3.8) is 0 Å². The van der Waals surface area contributed by atoms with Crippen LogP contribution in [0.25, 0.3) is 0 Å². The van der Waals surface area contributed by atoms with Crippen LogP contribution in [0.4, 0.5) is 0 Å². The van der Waals surface area contributed by atoms with Crippen molar-refractivity contribution in [1.82, 2.24) is 0 Å². The second-order valence-electron chi connectivity index (χ2n) is 4.15. The average molecular weight is 367 g/mol. The Kier molecular flexibility index (Phi) is 4.84. The van der Waals surface area contributed by atoms with Crippen LogP contribution in [-0.2, 0) is 6.61 Å². The van der Waals surface area contributed by atoms with Crippen LogP contribution in [0.5, 0.6) is 5.75 Å². The van der Waals surface area contributed by atoms with Crippen molar-refractivity contribution in [2.45, 2.75) is 6.61 Å². The van der Waals surface area contributed by atoms with Gasteiger partial charge in [-0.15, -0.1) is 0 Å². The lowest BCUT2D eigenvalue weighted by Crippen LogP contribution is -2.04. The highest BCUT2D eigenvalue weighted by atomic mass is 79.9. The van der Waals surface area contributed by atoms with Gasteiger partial charge in [-0.25, -0.2) is 4.79 Å². The fourth-order valence-corrected chi connectivity index (χ4v) is 2.26. The van der Waals surface area contributed by atoms with Crippen molar-refractivity contribution in [1.29, 1.82) is 5.26 Å². The van der Waals surface area contributed by atoms with Crippen molar-refractivity contribution in [2.24, 2.45) is 0 Å². The predicted molar refractivity (Wildman–Crippen MR) is 81.6 cm³/mol. The van der Waals surface area contributed by atoms with E-state index in [1.54, 1.807) is 30.3 Å². The summed E-state index contributed by atoms with van der Waals surface area (Å²) in [6, 6.07) is 11.5. The number of nitriles is 1. The predicted octanol–water partition coefficient (Wildman–Crippen LogP) is 4.25. The molecule has 0 saturated carbocycles. The largest absolute Gasteiger partial charge is 0.488 e. The number of rotatable bonds is 4. The Morgan fingerprint density at radius 1 is 1.33 bits per heavy atom. The molecule has 21 heavy (non-hydrogen) atoms. The molecule has 1 N–H and O–H groups in total. The SMILES string of the molecule is N#Cc1ccc(COc2cc(Br)ccc2C(=O)O)c(Cl)c1. The minimum Gasteiger partial charge on any atom is -0.488 e. The van der Waals surface area contributed by atoms with Crippen LogP contribution in [0.2, 0.25) is 5.02 Å². The van der Waals surface area contributed by atoms with Crippen molar-refractivity contribution in [3.8, 4) is 11.8 Å². The third-order valence-electron chi connectivity index (χ3n) is 2.74. The van der Waals surface area contributed by atoms with Gasteiger partial charge in [0, 0.05) is 15.1 Å². The maximum atomic E-state index is 11.1. The Bertz CT molecular complexity index is 740. The summed E-state index contributed by atoms with van der Waals surface area (Å²) < 4.78 is 6.26. The standard InChI is InChI=1S/C15H9BrClNO3/c16-11-3-4-12(15(19)20)14(6-11)21-8-10-2-1-9(7-18)5-13(10)17/h1-6H,8H2,(H,19,20). The molecule has 0 aliphatic rings. The summed E-state index contributed by atoms with van der Waals surface area (Å²) in [7, 11) is 0. The van der Waals surface area contributed by atoms with Crippen LogP contribution >= 0.6 is 27.5 Å². The highest BCUT2D eigenvalue weighted by Gasteiger charge is 2.12. The summed E-state index contributed by atoms with van der Waals surface area (Å²) in [6.45, 7) is 0.112. The molecule has 0 spiro atoms. The lowest BCUT2D eigenvalue weighted by Gasteiger charge is -2.11. The Hall–Kier alpha value is -2.03. The molecule has 106 valence electrons. The van der Waals surface area contributed by atoms with E-state index in [1.807, 2.05) is 6.07 Å². The van der Waals surface area contributed by atoms with Crippen LogP contribution in [0.1, 0.15) is 21.5 Å². The van der Waals surface area contributed by atoms with Crippen molar-refractivity contribution in [3.05, 3.63) is 62.6 Å². The molecule has 6 heteroatoms. The van der Waals surface area contributed by atoms with Gasteiger partial charge >= 0.3 is 5.97 Å². The molecule has 0 saturated heterocycles. The Morgan fingerprint density at radius 2 is 2.10 bits per heavy atom. The van der Waals surface area contributed by atoms with Gasteiger partial charge in [-0.3, -0.25) is 0 Å². The van der Waals surface area contributed by atoms with Crippen LogP contribution in [-0.4, -0.2) is 11.1 Å². The normalized spacial score (nSPS) is 9.95. The molecule has 0 bridgehead atoms. The molecule has 0 unspecified atom stereocenters. The lowest BCUT2D eigenvalue weighted by atomic mass is 10.1. The number of hydrogen-bond donors (Lipinski definition) is 1. The summed E-state index contributed by atoms with van der Waals surface area (Å²) in [5, 5.41) is 18.3. The van der Waals surface area contributed by atoms with Crippen LogP contribution < -0.4 is 4.74 Å². The highest BCUT2D eigenvalue weighted by Crippen LogP contribution is 2.26. The number of halogens is 2. The Labute approximate surface area is 134 Å². The van der Waals surface area contributed by atoms with E-state index in [-0.39, 0.29) is 17.9 Å². The quantitative estimate of drug-likeness (QED) is 0.878. The average Bonchev–Trinajstić information content (AvgIpc) is 2.45. The second-order valence-corrected chi connectivity index (χ2v) is 5.48. The maximum Gasteiger partial charge on any atom is 0.339 e. The Morgan fingerprint density at radius 3 is 2.71 bits per heavy atom. The minimum atomic E-state index is -1.07. The van der Waals surface area contributed by atoms with E-state index in [0.717, 1.165) is 0 Å². The molecule has 2 aromatic carbocycles. The first-order valence-electron chi connectivity index (χ1n) is 5.85. The van der Waals surface area contributed by atoms with Gasteiger partial charge in [0.25, 0.3) is 0 Å². The fraction of sp³-hybridized carbons (Fsp3) is 0.0667. The van der Waals surface area contributed by atoms with Gasteiger partial charge in [-0.05, 0) is 30.3 Å². The van der Waals surface area contributed by atoms with E-state index in [0.29, 0.717) is 20.6 Å². The molecule has 2 rings (SSSR count). The number of carboxylic acid groups (broad SMARTS) is 1. The first-order chi connectivity index (χ1) is 10.0. The molecule has 0 fully saturated rings. The monoisotopic (exact) mass is 365 g/mol. The summed E-state index contributed by atoms with van der Waals surface area (Å²) in [6.07, 6.45) is 0. The zero-order valence-electron chi connectivity index (χ0n) is 10.6. The van der Waals surface area contributed by atoms with Crippen LogP contribution in [0.3, 0.4) is 0 Å². The zero-order valence-corrected chi connectivity index (χ0v) is 13.0. The van der Waals surface area contributed by atoms with Gasteiger partial charge in [0.1, 0.15) is 17.9 Å². The van der Waals surface area contributed by atoms with Crippen molar-refractivity contribution < 1.29 is 14.6 Å². The molecule has 0 aliphatic heterocycles. The van der Waals surface area contributed by atoms with E-state index in [9.17, 15) is 4.79 Å². The molecule has 0 aromatic heterocycles. The number of carbonyl (C=O) groups is 1. The number of carboxylic acids is 1. The van der Waals surface area contributed by atoms with E-state index in [1.165, 1.54) is 6.07 Å². The molecule has 0 atom stereocenters. The van der Waals surface area contributed by atoms with Crippen molar-refractivity contribution in [2.75, 3.05) is 0 Å². The smallest absolute Gasteiger partial charge is 0.339 e. The highest BCUT2D eigenvalue weighted by molar-refractivity contribution is 9.10. The molecule has 0 heterocycles. The topological polar surface area (TPSA) is 70.3 Å². The number of ether oxygens (including phenoxy) is 1. The number of aromatic carboxylic acids is 1. The van der Waals surface area contributed by atoms with E-state index >= 15 is 0 Å². The van der Waals surface area contributed by atoms with Gasteiger partial charge in [-0.1, -0.05) is 33.6 Å². The van der Waals surface area contributed by atoms with Crippen LogP contribution in [0.15, 0.2) is 40.9 Å². The second kappa shape index (κ2) is 6.61. The molecular formula is C15H9BrClNO3. The van der Waals surface area contributed by atoms with E-state index < -0.39 is 5.97 Å². The molecular weight excluding hydrogens is 358 g/mol. The first-order valence-corrected chi connectivity index (χ1v) is 7.02. The number of hydrogen-bond acceptors (Lipinski definition) is 3. The molecule has 0 aliphatic carbocycles. The zero-order chi connectivity index (χ0) is 15.4. The minimum absolute atomic E-state index is 0.0722. The summed E-state index contributed by atoms with van der Waals surface area (Å²) >= 11 is 9.32.